The fourth-order valence-electron chi connectivity index (χ4n) is 1.89. The van der Waals surface area contributed by atoms with Crippen molar-refractivity contribution in [2.45, 2.75) is 45.1 Å². The minimum Gasteiger partial charge on any atom is -0.381 e. The minimum absolute atomic E-state index is 0.248. The predicted octanol–water partition coefficient (Wildman–Crippen LogP) is 0.923. The largest absolute Gasteiger partial charge is 0.381 e. The zero-order valence-electron chi connectivity index (χ0n) is 13.0. The zero-order chi connectivity index (χ0) is 15.7. The van der Waals surface area contributed by atoms with Gasteiger partial charge in [-0.25, -0.2) is 13.1 Å². The van der Waals surface area contributed by atoms with Crippen LogP contribution in [0.2, 0.25) is 0 Å². The van der Waals surface area contributed by atoms with Crippen molar-refractivity contribution in [1.82, 2.24) is 20.2 Å². The van der Waals surface area contributed by atoms with E-state index in [4.69, 9.17) is 4.74 Å². The summed E-state index contributed by atoms with van der Waals surface area (Å²) in [6.45, 7) is 8.52. The van der Waals surface area contributed by atoms with E-state index in [1.165, 1.54) is 0 Å². The summed E-state index contributed by atoms with van der Waals surface area (Å²) in [4.78, 5) is 0.248. The first-order valence-corrected chi connectivity index (χ1v) is 8.83. The van der Waals surface area contributed by atoms with E-state index in [1.807, 2.05) is 13.8 Å². The van der Waals surface area contributed by atoms with E-state index in [1.54, 1.807) is 6.92 Å². The fraction of sp³-hybridized carbons (Fsp3) is 0.769. The topological polar surface area (TPSA) is 96.1 Å². The molecule has 0 unspecified atom stereocenters. The Balaban J connectivity index is 2.59. The maximum Gasteiger partial charge on any atom is 0.244 e. The van der Waals surface area contributed by atoms with E-state index in [0.717, 1.165) is 13.0 Å². The Morgan fingerprint density at radius 1 is 1.29 bits per heavy atom. The van der Waals surface area contributed by atoms with Crippen LogP contribution in [0.1, 0.15) is 38.1 Å². The van der Waals surface area contributed by atoms with Crippen molar-refractivity contribution in [3.05, 3.63) is 11.4 Å². The van der Waals surface area contributed by atoms with Gasteiger partial charge < -0.3 is 10.1 Å². The van der Waals surface area contributed by atoms with E-state index in [0.29, 0.717) is 44.1 Å². The molecular formula is C13H26N4O3S. The van der Waals surface area contributed by atoms with Gasteiger partial charge in [-0.3, -0.25) is 5.10 Å². The Hall–Kier alpha value is -0.960. The molecule has 0 aliphatic carbocycles. The summed E-state index contributed by atoms with van der Waals surface area (Å²) in [5.74, 6) is 0. The normalized spacial score (nSPS) is 12.0. The van der Waals surface area contributed by atoms with Gasteiger partial charge in [-0.1, -0.05) is 13.8 Å². The molecule has 1 aromatic rings. The molecule has 0 aromatic carbocycles. The van der Waals surface area contributed by atoms with Crippen LogP contribution >= 0.6 is 0 Å². The highest BCUT2D eigenvalue weighted by atomic mass is 32.2. The molecule has 7 nitrogen and oxygen atoms in total. The second-order valence-electron chi connectivity index (χ2n) is 4.77. The second kappa shape index (κ2) is 9.14. The minimum atomic E-state index is -3.54. The number of ether oxygens (including phenoxy) is 1. The molecule has 0 bridgehead atoms. The molecule has 0 fully saturated rings. The lowest BCUT2D eigenvalue weighted by Gasteiger charge is -2.08. The van der Waals surface area contributed by atoms with E-state index < -0.39 is 10.0 Å². The summed E-state index contributed by atoms with van der Waals surface area (Å²) in [5.41, 5.74) is 1.07. The maximum atomic E-state index is 12.3. The van der Waals surface area contributed by atoms with Gasteiger partial charge in [-0.15, -0.1) is 0 Å². The van der Waals surface area contributed by atoms with Gasteiger partial charge in [-0.2, -0.15) is 5.10 Å². The molecule has 0 atom stereocenters. The van der Waals surface area contributed by atoms with E-state index in [2.05, 4.69) is 20.2 Å². The number of aromatic nitrogens is 2. The third kappa shape index (κ3) is 5.74. The second-order valence-corrected chi connectivity index (χ2v) is 6.47. The monoisotopic (exact) mass is 318 g/mol. The molecule has 0 aliphatic heterocycles. The lowest BCUT2D eigenvalue weighted by molar-refractivity contribution is 0.133. The van der Waals surface area contributed by atoms with Crippen LogP contribution in [0.5, 0.6) is 0 Å². The van der Waals surface area contributed by atoms with Gasteiger partial charge in [-0.05, 0) is 26.3 Å². The average Bonchev–Trinajstić information content (AvgIpc) is 2.82. The smallest absolute Gasteiger partial charge is 0.244 e. The van der Waals surface area contributed by atoms with Crippen LogP contribution in [-0.2, 0) is 21.3 Å². The van der Waals surface area contributed by atoms with Crippen LogP contribution in [0.15, 0.2) is 4.90 Å². The zero-order valence-corrected chi connectivity index (χ0v) is 13.8. The molecule has 0 aliphatic rings. The number of hydrogen-bond acceptors (Lipinski definition) is 5. The molecule has 0 amide bonds. The van der Waals surface area contributed by atoms with Crippen molar-refractivity contribution < 1.29 is 13.2 Å². The van der Waals surface area contributed by atoms with Gasteiger partial charge in [0.05, 0.1) is 11.4 Å². The number of aryl methyl sites for hydroxylation is 1. The summed E-state index contributed by atoms with van der Waals surface area (Å²) >= 11 is 0. The standard InChI is InChI=1S/C13H26N4O3S/c1-4-8-20-9-6-7-15-21(18,19)13-11(3)16-17-12(13)10-14-5-2/h14-15H,4-10H2,1-3H3,(H,16,17). The Morgan fingerprint density at radius 2 is 2.05 bits per heavy atom. The van der Waals surface area contributed by atoms with Gasteiger partial charge in [0, 0.05) is 26.3 Å². The van der Waals surface area contributed by atoms with Crippen molar-refractivity contribution in [3.8, 4) is 0 Å². The molecule has 8 heteroatoms. The summed E-state index contributed by atoms with van der Waals surface area (Å²) in [6, 6.07) is 0. The highest BCUT2D eigenvalue weighted by Crippen LogP contribution is 2.17. The van der Waals surface area contributed by atoms with Crippen LogP contribution in [0.4, 0.5) is 0 Å². The van der Waals surface area contributed by atoms with Crippen LogP contribution in [0, 0.1) is 6.92 Å². The van der Waals surface area contributed by atoms with Gasteiger partial charge in [0.25, 0.3) is 0 Å². The van der Waals surface area contributed by atoms with Crippen LogP contribution in [-0.4, -0.2) is 44.9 Å². The molecular weight excluding hydrogens is 292 g/mol. The Morgan fingerprint density at radius 3 is 2.71 bits per heavy atom. The SMILES string of the molecule is CCCOCCCNS(=O)(=O)c1c(CNCC)n[nH]c1C. The molecule has 0 saturated heterocycles. The quantitative estimate of drug-likeness (QED) is 0.527. The summed E-state index contributed by atoms with van der Waals surface area (Å²) in [7, 11) is -3.54. The number of sulfonamides is 1. The Labute approximate surface area is 126 Å². The summed E-state index contributed by atoms with van der Waals surface area (Å²) in [5, 5.41) is 9.88. The van der Waals surface area contributed by atoms with Crippen molar-refractivity contribution in [2.75, 3.05) is 26.3 Å². The van der Waals surface area contributed by atoms with E-state index in [-0.39, 0.29) is 4.90 Å². The number of aromatic amines is 1. The average molecular weight is 318 g/mol. The van der Waals surface area contributed by atoms with Crippen LogP contribution < -0.4 is 10.0 Å². The first kappa shape index (κ1) is 18.1. The lowest BCUT2D eigenvalue weighted by atomic mass is 10.3. The third-order valence-electron chi connectivity index (χ3n) is 2.88. The number of nitrogens with one attached hydrogen (secondary N) is 3. The maximum absolute atomic E-state index is 12.3. The molecule has 0 radical (unpaired) electrons. The van der Waals surface area contributed by atoms with Gasteiger partial charge >= 0.3 is 0 Å². The lowest BCUT2D eigenvalue weighted by Crippen LogP contribution is -2.27. The first-order valence-electron chi connectivity index (χ1n) is 7.34. The predicted molar refractivity (Wildman–Crippen MR) is 81.6 cm³/mol. The van der Waals surface area contributed by atoms with Crippen molar-refractivity contribution in [1.29, 1.82) is 0 Å². The molecule has 0 spiro atoms. The van der Waals surface area contributed by atoms with Crippen molar-refractivity contribution >= 4 is 10.0 Å². The summed E-state index contributed by atoms with van der Waals surface area (Å²) in [6.07, 6.45) is 1.62. The van der Waals surface area contributed by atoms with Gasteiger partial charge in [0.15, 0.2) is 0 Å². The van der Waals surface area contributed by atoms with Gasteiger partial charge in [0.1, 0.15) is 4.90 Å². The van der Waals surface area contributed by atoms with E-state index in [9.17, 15) is 8.42 Å². The number of hydrogen-bond donors (Lipinski definition) is 3. The highest BCUT2D eigenvalue weighted by Gasteiger charge is 2.23. The molecule has 1 aromatic heterocycles. The number of nitrogens with zero attached hydrogens (tertiary/aromatic N) is 1. The molecule has 122 valence electrons. The third-order valence-corrected chi connectivity index (χ3v) is 4.54. The summed E-state index contributed by atoms with van der Waals surface area (Å²) < 4.78 is 32.6. The first-order chi connectivity index (χ1) is 10.0. The van der Waals surface area contributed by atoms with Gasteiger partial charge in [0.2, 0.25) is 10.0 Å². The fourth-order valence-corrected chi connectivity index (χ4v) is 3.32. The molecule has 3 N–H and O–H groups in total. The molecule has 21 heavy (non-hydrogen) atoms. The van der Waals surface area contributed by atoms with Crippen molar-refractivity contribution in [3.63, 3.8) is 0 Å². The number of rotatable bonds is 11. The number of H-pyrrole nitrogens is 1. The van der Waals surface area contributed by atoms with Crippen LogP contribution in [0.25, 0.3) is 0 Å². The van der Waals surface area contributed by atoms with Crippen LogP contribution in [0.3, 0.4) is 0 Å². The van der Waals surface area contributed by atoms with E-state index >= 15 is 0 Å². The molecule has 0 saturated carbocycles. The van der Waals surface area contributed by atoms with Crippen molar-refractivity contribution in [2.24, 2.45) is 0 Å². The highest BCUT2D eigenvalue weighted by molar-refractivity contribution is 7.89. The Bertz CT molecular complexity index is 513. The molecule has 1 rings (SSSR count). The molecule has 1 heterocycles. The Kier molecular flexibility index (Phi) is 7.87.